The molecule has 0 fully saturated rings. The summed E-state index contributed by atoms with van der Waals surface area (Å²) in [6.45, 7) is 4.52. The normalized spacial score (nSPS) is 16.2. The van der Waals surface area contributed by atoms with E-state index in [-0.39, 0.29) is 12.6 Å². The van der Waals surface area contributed by atoms with Gasteiger partial charge in [0.2, 0.25) is 5.82 Å². The van der Waals surface area contributed by atoms with Crippen molar-refractivity contribution in [3.05, 3.63) is 71.6 Å². The van der Waals surface area contributed by atoms with Crippen LogP contribution < -0.4 is 5.32 Å². The van der Waals surface area contributed by atoms with Gasteiger partial charge in [0, 0.05) is 29.6 Å². The molecular formula is C23H27N5O4P+. The van der Waals surface area contributed by atoms with Crippen LogP contribution in [0.25, 0.3) is 11.4 Å². The van der Waals surface area contributed by atoms with Crippen LogP contribution >= 0.6 is 8.25 Å². The van der Waals surface area contributed by atoms with Crippen molar-refractivity contribution in [2.75, 3.05) is 19.7 Å². The SMILES string of the molecule is CCN1N=C(c2nc(-c3ccc(CNCCCO[P+](=O)O)cc3)no2)CC1c1ccccc1. The summed E-state index contributed by atoms with van der Waals surface area (Å²) in [5.74, 6) is 0.994. The monoisotopic (exact) mass is 468 g/mol. The molecule has 2 heterocycles. The zero-order chi connectivity index (χ0) is 23.0. The van der Waals surface area contributed by atoms with E-state index in [0.717, 1.165) is 29.8 Å². The molecule has 0 bridgehead atoms. The number of hydrazone groups is 1. The summed E-state index contributed by atoms with van der Waals surface area (Å²) in [5, 5.41) is 14.2. The van der Waals surface area contributed by atoms with E-state index >= 15 is 0 Å². The summed E-state index contributed by atoms with van der Waals surface area (Å²) in [6.07, 6.45) is 1.39. The van der Waals surface area contributed by atoms with Gasteiger partial charge in [-0.3, -0.25) is 5.01 Å². The number of aromatic nitrogens is 2. The van der Waals surface area contributed by atoms with Crippen LogP contribution in [0.1, 0.15) is 42.8 Å². The molecule has 2 atom stereocenters. The van der Waals surface area contributed by atoms with Crippen LogP contribution in [0.2, 0.25) is 0 Å². The molecule has 1 aromatic heterocycles. The number of benzene rings is 2. The van der Waals surface area contributed by atoms with E-state index in [1.54, 1.807) is 0 Å². The Balaban J connectivity index is 1.34. The van der Waals surface area contributed by atoms with Crippen molar-refractivity contribution in [1.82, 2.24) is 20.5 Å². The lowest BCUT2D eigenvalue weighted by Gasteiger charge is -2.21. The van der Waals surface area contributed by atoms with Crippen molar-refractivity contribution < 1.29 is 18.5 Å². The molecule has 2 aromatic carbocycles. The standard InChI is InChI=1S/C23H26N5O4P/c1-2-28-21(18-7-4-3-5-8-18)15-20(26-28)23-25-22(27-32-23)19-11-9-17(10-12-19)16-24-13-6-14-31-33(29)30/h3-5,7-12,21,24H,2,6,13-16H2,1H3/p+1. The van der Waals surface area contributed by atoms with Gasteiger partial charge in [-0.2, -0.15) is 10.1 Å². The summed E-state index contributed by atoms with van der Waals surface area (Å²) in [6, 6.07) is 18.5. The molecular weight excluding hydrogens is 441 g/mol. The molecule has 1 aliphatic rings. The first-order chi connectivity index (χ1) is 16.1. The highest BCUT2D eigenvalue weighted by Crippen LogP contribution is 2.32. The van der Waals surface area contributed by atoms with E-state index in [2.05, 4.69) is 44.0 Å². The van der Waals surface area contributed by atoms with Crippen molar-refractivity contribution in [2.24, 2.45) is 5.10 Å². The maximum absolute atomic E-state index is 10.5. The highest BCUT2D eigenvalue weighted by Gasteiger charge is 2.30. The Labute approximate surface area is 193 Å². The molecule has 3 aromatic rings. The molecule has 0 radical (unpaired) electrons. The third-order valence-corrected chi connectivity index (χ3v) is 5.82. The highest BCUT2D eigenvalue weighted by molar-refractivity contribution is 7.32. The number of nitrogens with one attached hydrogen (secondary N) is 1. The van der Waals surface area contributed by atoms with Gasteiger partial charge in [-0.15, -0.1) is 9.42 Å². The minimum absolute atomic E-state index is 0.172. The van der Waals surface area contributed by atoms with Crippen molar-refractivity contribution >= 4 is 14.0 Å². The molecule has 0 saturated carbocycles. The smallest absolute Gasteiger partial charge is 0.332 e. The van der Waals surface area contributed by atoms with Gasteiger partial charge in [-0.25, -0.2) is 0 Å². The lowest BCUT2D eigenvalue weighted by atomic mass is 10.0. The van der Waals surface area contributed by atoms with E-state index in [0.29, 0.717) is 31.2 Å². The Morgan fingerprint density at radius 2 is 2.00 bits per heavy atom. The minimum atomic E-state index is -2.52. The van der Waals surface area contributed by atoms with Gasteiger partial charge in [-0.05, 0) is 31.0 Å². The summed E-state index contributed by atoms with van der Waals surface area (Å²) in [4.78, 5) is 13.2. The van der Waals surface area contributed by atoms with E-state index in [4.69, 9.17) is 14.5 Å². The Hall–Kier alpha value is -2.97. The first-order valence-corrected chi connectivity index (χ1v) is 12.1. The second-order valence-electron chi connectivity index (χ2n) is 7.65. The molecule has 0 saturated heterocycles. The van der Waals surface area contributed by atoms with Gasteiger partial charge >= 0.3 is 8.25 Å². The quantitative estimate of drug-likeness (QED) is 0.320. The predicted octanol–water partition coefficient (Wildman–Crippen LogP) is 4.05. The van der Waals surface area contributed by atoms with Gasteiger partial charge in [0.05, 0.1) is 6.04 Å². The number of hydrogen-bond acceptors (Lipinski definition) is 8. The van der Waals surface area contributed by atoms with Crippen LogP contribution in [-0.2, 0) is 15.6 Å². The molecule has 0 spiro atoms. The first kappa shape index (κ1) is 23.2. The van der Waals surface area contributed by atoms with E-state index in [1.165, 1.54) is 5.56 Å². The summed E-state index contributed by atoms with van der Waals surface area (Å²) in [5.41, 5.74) is 4.01. The summed E-state index contributed by atoms with van der Waals surface area (Å²) < 4.78 is 20.6. The fraction of sp³-hybridized carbons (Fsp3) is 0.348. The Morgan fingerprint density at radius 3 is 2.73 bits per heavy atom. The van der Waals surface area contributed by atoms with E-state index < -0.39 is 8.25 Å². The van der Waals surface area contributed by atoms with Crippen LogP contribution in [-0.4, -0.2) is 45.5 Å². The third-order valence-electron chi connectivity index (χ3n) is 5.42. The predicted molar refractivity (Wildman–Crippen MR) is 125 cm³/mol. The zero-order valence-corrected chi connectivity index (χ0v) is 19.3. The topological polar surface area (TPSA) is 113 Å². The van der Waals surface area contributed by atoms with Gasteiger partial charge < -0.3 is 9.84 Å². The first-order valence-electron chi connectivity index (χ1n) is 11.0. The van der Waals surface area contributed by atoms with Gasteiger partial charge in [-0.1, -0.05) is 59.8 Å². The number of rotatable bonds is 11. The van der Waals surface area contributed by atoms with Crippen LogP contribution in [0.4, 0.5) is 0 Å². The molecule has 0 aliphatic carbocycles. The minimum Gasteiger partial charge on any atom is -0.332 e. The zero-order valence-electron chi connectivity index (χ0n) is 18.4. The molecule has 2 N–H and O–H groups in total. The van der Waals surface area contributed by atoms with Crippen molar-refractivity contribution in [2.45, 2.75) is 32.4 Å². The van der Waals surface area contributed by atoms with Gasteiger partial charge in [0.25, 0.3) is 5.89 Å². The van der Waals surface area contributed by atoms with Gasteiger partial charge in [0.1, 0.15) is 12.3 Å². The van der Waals surface area contributed by atoms with E-state index in [1.807, 2.05) is 42.5 Å². The molecule has 172 valence electrons. The van der Waals surface area contributed by atoms with Crippen molar-refractivity contribution in [1.29, 1.82) is 0 Å². The molecule has 9 nitrogen and oxygen atoms in total. The second-order valence-corrected chi connectivity index (χ2v) is 8.39. The Morgan fingerprint density at radius 1 is 1.21 bits per heavy atom. The average Bonchev–Trinajstić information content (AvgIpc) is 3.49. The molecule has 2 unspecified atom stereocenters. The molecule has 4 rings (SSSR count). The average molecular weight is 468 g/mol. The molecule has 1 aliphatic heterocycles. The maximum atomic E-state index is 10.5. The molecule has 0 amide bonds. The Kier molecular flexibility index (Phi) is 7.91. The summed E-state index contributed by atoms with van der Waals surface area (Å²) >= 11 is 0. The fourth-order valence-electron chi connectivity index (χ4n) is 3.74. The molecule has 10 heteroatoms. The van der Waals surface area contributed by atoms with Crippen LogP contribution in [0.3, 0.4) is 0 Å². The fourth-order valence-corrected chi connectivity index (χ4v) is 4.03. The highest BCUT2D eigenvalue weighted by atomic mass is 31.1. The van der Waals surface area contributed by atoms with Crippen LogP contribution in [0, 0.1) is 0 Å². The lowest BCUT2D eigenvalue weighted by Crippen LogP contribution is -2.18. The van der Waals surface area contributed by atoms with E-state index in [9.17, 15) is 4.57 Å². The lowest BCUT2D eigenvalue weighted by molar-refractivity contribution is 0.246. The number of nitrogens with zero attached hydrogens (tertiary/aromatic N) is 4. The number of hydrogen-bond donors (Lipinski definition) is 2. The van der Waals surface area contributed by atoms with Crippen LogP contribution in [0.5, 0.6) is 0 Å². The van der Waals surface area contributed by atoms with Gasteiger partial charge in [0.15, 0.2) is 0 Å². The van der Waals surface area contributed by atoms with Crippen molar-refractivity contribution in [3.63, 3.8) is 0 Å². The second kappa shape index (κ2) is 11.2. The largest absolute Gasteiger partial charge is 0.694 e. The Bertz CT molecular complexity index is 1090. The summed E-state index contributed by atoms with van der Waals surface area (Å²) in [7, 11) is -2.52. The maximum Gasteiger partial charge on any atom is 0.694 e. The molecule has 33 heavy (non-hydrogen) atoms. The third kappa shape index (κ3) is 6.09. The van der Waals surface area contributed by atoms with Crippen LogP contribution in [0.15, 0.2) is 64.2 Å². The van der Waals surface area contributed by atoms with Crippen molar-refractivity contribution in [3.8, 4) is 11.4 Å².